The number of aromatic nitrogens is 2. The van der Waals surface area contributed by atoms with Crippen molar-refractivity contribution in [3.05, 3.63) is 47.5 Å². The Hall–Kier alpha value is -1.66. The van der Waals surface area contributed by atoms with E-state index in [0.29, 0.717) is 11.1 Å². The van der Waals surface area contributed by atoms with Crippen molar-refractivity contribution in [3.8, 4) is 0 Å². The van der Waals surface area contributed by atoms with Gasteiger partial charge < -0.3 is 4.98 Å². The molecule has 0 atom stereocenters. The number of nitrogens with one attached hydrogen (secondary N) is 1. The van der Waals surface area contributed by atoms with E-state index in [4.69, 9.17) is 4.55 Å². The molecule has 0 bridgehead atoms. The predicted molar refractivity (Wildman–Crippen MR) is 69.1 cm³/mol. The lowest BCUT2D eigenvalue weighted by Crippen LogP contribution is -2.04. The third kappa shape index (κ3) is 3.97. The van der Waals surface area contributed by atoms with Gasteiger partial charge in [0, 0.05) is 12.4 Å². The second kappa shape index (κ2) is 5.79. The highest BCUT2D eigenvalue weighted by molar-refractivity contribution is 7.86. The number of aryl methyl sites for hydroxylation is 3. The molecule has 0 fully saturated rings. The molecule has 6 heteroatoms. The molecule has 0 aliphatic rings. The smallest absolute Gasteiger partial charge is 0.295 e. The van der Waals surface area contributed by atoms with Crippen LogP contribution in [0.4, 0.5) is 0 Å². The number of hydrogen-bond acceptors (Lipinski definition) is 3. The topological polar surface area (TPSA) is 83.0 Å². The van der Waals surface area contributed by atoms with Crippen LogP contribution in [0.15, 0.2) is 35.7 Å². The quantitative estimate of drug-likeness (QED) is 0.777. The molecule has 2 aromatic rings. The maximum atomic E-state index is 10.9. The summed E-state index contributed by atoms with van der Waals surface area (Å²) in [7, 11) is -4.08. The van der Waals surface area contributed by atoms with Gasteiger partial charge in [0.1, 0.15) is 0 Å². The number of rotatable bonds is 1. The molecule has 0 saturated heterocycles. The molecule has 2 rings (SSSR count). The van der Waals surface area contributed by atoms with E-state index in [0.717, 1.165) is 5.56 Å². The molecule has 0 spiro atoms. The lowest BCUT2D eigenvalue weighted by molar-refractivity contribution is 0.482. The highest BCUT2D eigenvalue weighted by atomic mass is 32.2. The van der Waals surface area contributed by atoms with E-state index in [-0.39, 0.29) is 4.90 Å². The summed E-state index contributed by atoms with van der Waals surface area (Å²) in [6.45, 7) is 5.22. The summed E-state index contributed by atoms with van der Waals surface area (Å²) >= 11 is 0. The largest absolute Gasteiger partial charge is 0.351 e. The molecular weight excluding hydrogens is 252 g/mol. The predicted octanol–water partition coefficient (Wildman–Crippen LogP) is 2.27. The number of imidazole rings is 1. The van der Waals surface area contributed by atoms with Crippen molar-refractivity contribution in [2.45, 2.75) is 25.7 Å². The zero-order chi connectivity index (χ0) is 13.8. The van der Waals surface area contributed by atoms with Crippen LogP contribution in [-0.4, -0.2) is 22.9 Å². The van der Waals surface area contributed by atoms with Crippen molar-refractivity contribution in [1.82, 2.24) is 9.97 Å². The normalized spacial score (nSPS) is 10.7. The maximum Gasteiger partial charge on any atom is 0.295 e. The van der Waals surface area contributed by atoms with Gasteiger partial charge in [0.15, 0.2) is 0 Å². The first-order chi connectivity index (χ1) is 8.32. The summed E-state index contributed by atoms with van der Waals surface area (Å²) in [5, 5.41) is 0. The van der Waals surface area contributed by atoms with Crippen molar-refractivity contribution in [3.63, 3.8) is 0 Å². The molecule has 1 aromatic carbocycles. The Kier molecular flexibility index (Phi) is 4.63. The zero-order valence-electron chi connectivity index (χ0n) is 10.5. The third-order valence-electron chi connectivity index (χ3n) is 2.27. The van der Waals surface area contributed by atoms with Gasteiger partial charge in [0.25, 0.3) is 10.1 Å². The minimum atomic E-state index is -4.08. The first kappa shape index (κ1) is 14.4. The molecule has 2 N–H and O–H groups in total. The van der Waals surface area contributed by atoms with Crippen LogP contribution in [-0.2, 0) is 10.1 Å². The van der Waals surface area contributed by atoms with Crippen LogP contribution < -0.4 is 0 Å². The lowest BCUT2D eigenvalue weighted by Gasteiger charge is -2.07. The Bertz CT molecular complexity index is 564. The van der Waals surface area contributed by atoms with Gasteiger partial charge in [-0.05, 0) is 31.9 Å². The van der Waals surface area contributed by atoms with Gasteiger partial charge in [-0.15, -0.1) is 0 Å². The molecule has 0 amide bonds. The average molecular weight is 268 g/mol. The van der Waals surface area contributed by atoms with Gasteiger partial charge in [-0.25, -0.2) is 4.98 Å². The van der Waals surface area contributed by atoms with Gasteiger partial charge in [-0.2, -0.15) is 8.42 Å². The molecule has 0 radical (unpaired) electrons. The second-order valence-electron chi connectivity index (χ2n) is 3.96. The minimum Gasteiger partial charge on any atom is -0.351 e. The summed E-state index contributed by atoms with van der Waals surface area (Å²) in [5.41, 5.74) is 2.16. The fourth-order valence-electron chi connectivity index (χ4n) is 1.79. The van der Waals surface area contributed by atoms with Crippen molar-refractivity contribution in [2.24, 2.45) is 0 Å². The van der Waals surface area contributed by atoms with E-state index in [9.17, 15) is 8.42 Å². The molecule has 0 aliphatic heterocycles. The maximum absolute atomic E-state index is 10.9. The van der Waals surface area contributed by atoms with E-state index >= 15 is 0 Å². The summed E-state index contributed by atoms with van der Waals surface area (Å²) in [6, 6.07) is 3.46. The van der Waals surface area contributed by atoms with Crippen molar-refractivity contribution in [1.29, 1.82) is 0 Å². The van der Waals surface area contributed by atoms with Crippen molar-refractivity contribution >= 4 is 10.1 Å². The Labute approximate surface area is 107 Å². The standard InChI is InChI=1S/C9H12O3S.C3H4N2/c1-6-4-7(2)9(8(3)5-6)13(10,11)12;1-2-5-3-4-1/h4-5H,1-3H3,(H,10,11,12);1-3H,(H,4,5). The Morgan fingerprint density at radius 2 is 1.72 bits per heavy atom. The number of H-pyrrole nitrogens is 1. The summed E-state index contributed by atoms with van der Waals surface area (Å²) in [5.74, 6) is 0. The van der Waals surface area contributed by atoms with Gasteiger partial charge in [-0.1, -0.05) is 17.7 Å². The SMILES string of the molecule is Cc1cc(C)c(S(=O)(=O)O)c(C)c1.c1c[nH]cn1. The highest BCUT2D eigenvalue weighted by Crippen LogP contribution is 2.20. The van der Waals surface area contributed by atoms with Gasteiger partial charge in [0.2, 0.25) is 0 Å². The Morgan fingerprint density at radius 1 is 1.17 bits per heavy atom. The van der Waals surface area contributed by atoms with Crippen LogP contribution in [0.25, 0.3) is 0 Å². The average Bonchev–Trinajstić information content (AvgIpc) is 2.69. The molecule has 0 unspecified atom stereocenters. The number of hydrogen-bond donors (Lipinski definition) is 2. The fraction of sp³-hybridized carbons (Fsp3) is 0.250. The van der Waals surface area contributed by atoms with Crippen LogP contribution in [0.2, 0.25) is 0 Å². The second-order valence-corrected chi connectivity index (χ2v) is 5.32. The van der Waals surface area contributed by atoms with Crippen molar-refractivity contribution in [2.75, 3.05) is 0 Å². The number of aromatic amines is 1. The molecule has 98 valence electrons. The number of nitrogens with zero attached hydrogens (tertiary/aromatic N) is 1. The van der Waals surface area contributed by atoms with Crippen LogP contribution in [0.1, 0.15) is 16.7 Å². The molecule has 0 saturated carbocycles. The van der Waals surface area contributed by atoms with Crippen LogP contribution in [0.5, 0.6) is 0 Å². The van der Waals surface area contributed by atoms with E-state index < -0.39 is 10.1 Å². The number of benzene rings is 1. The lowest BCUT2D eigenvalue weighted by atomic mass is 10.1. The molecule has 1 aromatic heterocycles. The van der Waals surface area contributed by atoms with E-state index in [1.54, 1.807) is 44.7 Å². The van der Waals surface area contributed by atoms with Gasteiger partial charge >= 0.3 is 0 Å². The van der Waals surface area contributed by atoms with Gasteiger partial charge in [0.05, 0.1) is 11.2 Å². The summed E-state index contributed by atoms with van der Waals surface area (Å²) in [6.07, 6.45) is 5.08. The van der Waals surface area contributed by atoms with Crippen LogP contribution in [0, 0.1) is 20.8 Å². The fourth-order valence-corrected chi connectivity index (χ4v) is 2.72. The van der Waals surface area contributed by atoms with E-state index in [1.807, 2.05) is 6.92 Å². The van der Waals surface area contributed by atoms with Crippen LogP contribution in [0.3, 0.4) is 0 Å². The molecule has 1 heterocycles. The van der Waals surface area contributed by atoms with E-state index in [2.05, 4.69) is 9.97 Å². The van der Waals surface area contributed by atoms with Gasteiger partial charge in [-0.3, -0.25) is 4.55 Å². The first-order valence-electron chi connectivity index (χ1n) is 5.30. The molecular formula is C12H16N2O3S. The summed E-state index contributed by atoms with van der Waals surface area (Å²) in [4.78, 5) is 6.44. The van der Waals surface area contributed by atoms with Crippen molar-refractivity contribution < 1.29 is 13.0 Å². The first-order valence-corrected chi connectivity index (χ1v) is 6.74. The molecule has 18 heavy (non-hydrogen) atoms. The Balaban J connectivity index is 0.000000269. The minimum absolute atomic E-state index is 0.0260. The Morgan fingerprint density at radius 3 is 2.00 bits per heavy atom. The summed E-state index contributed by atoms with van der Waals surface area (Å²) < 4.78 is 30.8. The van der Waals surface area contributed by atoms with Crippen LogP contribution >= 0.6 is 0 Å². The monoisotopic (exact) mass is 268 g/mol. The molecule has 0 aliphatic carbocycles. The third-order valence-corrected chi connectivity index (χ3v) is 3.43. The highest BCUT2D eigenvalue weighted by Gasteiger charge is 2.15. The molecule has 5 nitrogen and oxygen atoms in total. The van der Waals surface area contributed by atoms with E-state index in [1.165, 1.54) is 0 Å². The zero-order valence-corrected chi connectivity index (χ0v) is 11.3.